The maximum atomic E-state index is 12.0. The summed E-state index contributed by atoms with van der Waals surface area (Å²) in [5, 5.41) is 0. The zero-order valence-corrected chi connectivity index (χ0v) is 12.8. The van der Waals surface area contributed by atoms with Crippen LogP contribution in [0.3, 0.4) is 0 Å². The number of hydrogen-bond acceptors (Lipinski definition) is 4. The van der Waals surface area contributed by atoms with E-state index in [1.165, 1.54) is 7.11 Å². The fraction of sp³-hybridized carbons (Fsp3) is 0.857. The van der Waals surface area contributed by atoms with Crippen molar-refractivity contribution in [2.24, 2.45) is 0 Å². The Morgan fingerprint density at radius 2 is 1.68 bits per heavy atom. The van der Waals surface area contributed by atoms with Crippen LogP contribution in [0.1, 0.15) is 39.0 Å². The van der Waals surface area contributed by atoms with Gasteiger partial charge in [0.2, 0.25) is 5.91 Å². The van der Waals surface area contributed by atoms with E-state index in [2.05, 4.69) is 16.6 Å². The van der Waals surface area contributed by atoms with Crippen LogP contribution in [0.15, 0.2) is 0 Å². The molecule has 0 aromatic carbocycles. The highest BCUT2D eigenvalue weighted by atomic mass is 16.5. The van der Waals surface area contributed by atoms with Crippen LogP contribution in [0.5, 0.6) is 0 Å². The summed E-state index contributed by atoms with van der Waals surface area (Å²) in [6, 6.07) is 0. The fourth-order valence-corrected chi connectivity index (χ4v) is 1.75. The van der Waals surface area contributed by atoms with Gasteiger partial charge in [0.25, 0.3) is 0 Å². The molecule has 5 nitrogen and oxygen atoms in total. The van der Waals surface area contributed by atoms with Crippen molar-refractivity contribution >= 4 is 11.9 Å². The lowest BCUT2D eigenvalue weighted by molar-refractivity contribution is -0.141. The van der Waals surface area contributed by atoms with Crippen molar-refractivity contribution < 1.29 is 14.3 Å². The minimum atomic E-state index is -0.263. The third-order valence-corrected chi connectivity index (χ3v) is 2.94. The predicted octanol–water partition coefficient (Wildman–Crippen LogP) is 1.52. The third kappa shape index (κ3) is 9.47. The Kier molecular flexibility index (Phi) is 10.2. The number of hydrogen-bond donors (Lipinski definition) is 0. The van der Waals surface area contributed by atoms with Crippen molar-refractivity contribution in [3.63, 3.8) is 0 Å². The first-order chi connectivity index (χ1) is 9.01. The summed E-state index contributed by atoms with van der Waals surface area (Å²) in [6.07, 6.45) is 3.68. The quantitative estimate of drug-likeness (QED) is 0.566. The van der Waals surface area contributed by atoms with Gasteiger partial charge < -0.3 is 14.5 Å². The van der Waals surface area contributed by atoms with Gasteiger partial charge in [-0.25, -0.2) is 0 Å². The number of methoxy groups -OCH3 is 1. The smallest absolute Gasteiger partial charge is 0.307 e. The van der Waals surface area contributed by atoms with Gasteiger partial charge in [-0.3, -0.25) is 9.59 Å². The molecule has 0 heterocycles. The summed E-state index contributed by atoms with van der Waals surface area (Å²) < 4.78 is 4.62. The first kappa shape index (κ1) is 17.9. The van der Waals surface area contributed by atoms with Gasteiger partial charge in [0, 0.05) is 19.5 Å². The average Bonchev–Trinajstić information content (AvgIpc) is 2.38. The van der Waals surface area contributed by atoms with E-state index in [1.807, 2.05) is 14.1 Å². The number of rotatable bonds is 10. The van der Waals surface area contributed by atoms with E-state index in [0.717, 1.165) is 25.8 Å². The molecule has 19 heavy (non-hydrogen) atoms. The van der Waals surface area contributed by atoms with E-state index in [0.29, 0.717) is 19.5 Å². The molecule has 5 heteroatoms. The van der Waals surface area contributed by atoms with Gasteiger partial charge in [-0.2, -0.15) is 0 Å². The van der Waals surface area contributed by atoms with Crippen LogP contribution in [-0.2, 0) is 14.3 Å². The Bertz CT molecular complexity index is 267. The standard InChI is InChI=1S/C14H28N2O3/c1-5-6-8-13(17)16(11-7-10-15(2)3)12-9-14(18)19-4/h5-12H2,1-4H3. The summed E-state index contributed by atoms with van der Waals surface area (Å²) in [6.45, 7) is 4.17. The van der Waals surface area contributed by atoms with Gasteiger partial charge in [0.1, 0.15) is 0 Å². The highest BCUT2D eigenvalue weighted by Crippen LogP contribution is 2.04. The van der Waals surface area contributed by atoms with E-state index in [1.54, 1.807) is 4.90 Å². The van der Waals surface area contributed by atoms with Gasteiger partial charge in [0.05, 0.1) is 13.5 Å². The number of nitrogens with zero attached hydrogens (tertiary/aromatic N) is 2. The molecule has 0 unspecified atom stereocenters. The lowest BCUT2D eigenvalue weighted by Crippen LogP contribution is -2.35. The monoisotopic (exact) mass is 272 g/mol. The van der Waals surface area contributed by atoms with Gasteiger partial charge >= 0.3 is 5.97 Å². The van der Waals surface area contributed by atoms with E-state index in [4.69, 9.17) is 0 Å². The number of amides is 1. The highest BCUT2D eigenvalue weighted by molar-refractivity contribution is 5.77. The summed E-state index contributed by atoms with van der Waals surface area (Å²) in [7, 11) is 5.40. The number of carbonyl (C=O) groups is 2. The SMILES string of the molecule is CCCCC(=O)N(CCCN(C)C)CCC(=O)OC. The van der Waals surface area contributed by atoms with Crippen LogP contribution in [-0.4, -0.2) is 62.5 Å². The van der Waals surface area contributed by atoms with E-state index in [-0.39, 0.29) is 18.3 Å². The molecule has 0 rings (SSSR count). The molecule has 0 N–H and O–H groups in total. The molecular weight excluding hydrogens is 244 g/mol. The van der Waals surface area contributed by atoms with Crippen LogP contribution in [0.4, 0.5) is 0 Å². The first-order valence-electron chi connectivity index (χ1n) is 7.00. The molecule has 112 valence electrons. The first-order valence-corrected chi connectivity index (χ1v) is 7.00. The lowest BCUT2D eigenvalue weighted by Gasteiger charge is -2.23. The second kappa shape index (κ2) is 10.8. The van der Waals surface area contributed by atoms with Crippen molar-refractivity contribution in [1.29, 1.82) is 0 Å². The minimum absolute atomic E-state index is 0.143. The molecule has 0 fully saturated rings. The molecule has 0 saturated heterocycles. The second-order valence-corrected chi connectivity index (χ2v) is 4.97. The molecule has 0 aliphatic heterocycles. The minimum Gasteiger partial charge on any atom is -0.469 e. The number of ether oxygens (including phenoxy) is 1. The largest absolute Gasteiger partial charge is 0.469 e. The van der Waals surface area contributed by atoms with Crippen LogP contribution in [0, 0.1) is 0 Å². The Morgan fingerprint density at radius 3 is 2.21 bits per heavy atom. The Balaban J connectivity index is 4.20. The van der Waals surface area contributed by atoms with Crippen LogP contribution in [0.2, 0.25) is 0 Å². The molecule has 0 aromatic heterocycles. The molecule has 0 atom stereocenters. The lowest BCUT2D eigenvalue weighted by atomic mass is 10.2. The summed E-state index contributed by atoms with van der Waals surface area (Å²) in [5.41, 5.74) is 0. The van der Waals surface area contributed by atoms with Crippen LogP contribution >= 0.6 is 0 Å². The predicted molar refractivity (Wildman–Crippen MR) is 75.9 cm³/mol. The molecule has 0 saturated carbocycles. The normalized spacial score (nSPS) is 10.6. The van der Waals surface area contributed by atoms with Gasteiger partial charge in [-0.05, 0) is 33.5 Å². The second-order valence-electron chi connectivity index (χ2n) is 4.97. The average molecular weight is 272 g/mol. The van der Waals surface area contributed by atoms with Crippen molar-refractivity contribution in [3.8, 4) is 0 Å². The Hall–Kier alpha value is -1.10. The Labute approximate surface area is 116 Å². The number of unbranched alkanes of at least 4 members (excludes halogenated alkanes) is 1. The highest BCUT2D eigenvalue weighted by Gasteiger charge is 2.14. The fourth-order valence-electron chi connectivity index (χ4n) is 1.75. The third-order valence-electron chi connectivity index (χ3n) is 2.94. The van der Waals surface area contributed by atoms with Crippen molar-refractivity contribution in [2.45, 2.75) is 39.0 Å². The Morgan fingerprint density at radius 1 is 1.00 bits per heavy atom. The number of carbonyl (C=O) groups excluding carboxylic acids is 2. The van der Waals surface area contributed by atoms with Gasteiger partial charge in [0.15, 0.2) is 0 Å². The maximum Gasteiger partial charge on any atom is 0.307 e. The van der Waals surface area contributed by atoms with E-state index >= 15 is 0 Å². The molecule has 0 radical (unpaired) electrons. The molecule has 0 spiro atoms. The van der Waals surface area contributed by atoms with Crippen molar-refractivity contribution in [1.82, 2.24) is 9.80 Å². The molecule has 0 aliphatic rings. The van der Waals surface area contributed by atoms with Crippen LogP contribution < -0.4 is 0 Å². The summed E-state index contributed by atoms with van der Waals surface area (Å²) in [4.78, 5) is 27.1. The number of esters is 1. The molecule has 0 bridgehead atoms. The van der Waals surface area contributed by atoms with Crippen LogP contribution in [0.25, 0.3) is 0 Å². The zero-order chi connectivity index (χ0) is 14.7. The van der Waals surface area contributed by atoms with Crippen molar-refractivity contribution in [2.75, 3.05) is 40.8 Å². The molecular formula is C14H28N2O3. The summed E-state index contributed by atoms with van der Waals surface area (Å²) in [5.74, 6) is -0.120. The van der Waals surface area contributed by atoms with Gasteiger partial charge in [-0.1, -0.05) is 13.3 Å². The summed E-state index contributed by atoms with van der Waals surface area (Å²) >= 11 is 0. The van der Waals surface area contributed by atoms with E-state index < -0.39 is 0 Å². The van der Waals surface area contributed by atoms with Crippen molar-refractivity contribution in [3.05, 3.63) is 0 Å². The van der Waals surface area contributed by atoms with Gasteiger partial charge in [-0.15, -0.1) is 0 Å². The maximum absolute atomic E-state index is 12.0. The molecule has 0 aromatic rings. The zero-order valence-electron chi connectivity index (χ0n) is 12.8. The molecule has 0 aliphatic carbocycles. The molecule has 1 amide bonds. The van der Waals surface area contributed by atoms with E-state index in [9.17, 15) is 9.59 Å². The topological polar surface area (TPSA) is 49.9 Å².